The monoisotopic (exact) mass is 459 g/mol. The molecule has 0 aliphatic carbocycles. The Hall–Kier alpha value is -4.46. The van der Waals surface area contributed by atoms with Gasteiger partial charge in [-0.25, -0.2) is 10.2 Å². The number of para-hydroxylation sites is 1. The van der Waals surface area contributed by atoms with Gasteiger partial charge in [0.25, 0.3) is 0 Å². The van der Waals surface area contributed by atoms with Gasteiger partial charge in [-0.15, -0.1) is 0 Å². The third kappa shape index (κ3) is 6.07. The van der Waals surface area contributed by atoms with Crippen LogP contribution in [-0.2, 0) is 9.59 Å². The minimum atomic E-state index is -0.925. The van der Waals surface area contributed by atoms with Crippen LogP contribution in [0.2, 0.25) is 0 Å². The Kier molecular flexibility index (Phi) is 7.76. The molecule has 0 unspecified atom stereocenters. The third-order valence-electron chi connectivity index (χ3n) is 4.96. The van der Waals surface area contributed by atoms with Gasteiger partial charge in [0.15, 0.2) is 0 Å². The maximum absolute atomic E-state index is 12.6. The number of benzene rings is 3. The van der Waals surface area contributed by atoms with Crippen LogP contribution in [0.5, 0.6) is 11.5 Å². The van der Waals surface area contributed by atoms with Crippen molar-refractivity contribution in [3.63, 3.8) is 0 Å². The first-order valence-electron chi connectivity index (χ1n) is 10.5. The van der Waals surface area contributed by atoms with E-state index in [0.29, 0.717) is 28.3 Å². The number of carbonyl (C=O) groups excluding carboxylic acids is 3. The largest absolute Gasteiger partial charge is 0.497 e. The molecule has 3 rings (SSSR count). The summed E-state index contributed by atoms with van der Waals surface area (Å²) in [4.78, 5) is 37.1. The van der Waals surface area contributed by atoms with E-state index < -0.39 is 17.8 Å². The standard InChI is InChI=1S/C26H25N3O5/c1-16-12-13-17(2)22(14-16)27-24(30)25(31)29-28-18(3)21-10-5-6-11-23(21)34-26(32)19-8-7-9-20(15-19)33-4/h5-15H,1-4H3,(H,27,30)(H,29,31)/b28-18+. The molecule has 0 aromatic heterocycles. The maximum Gasteiger partial charge on any atom is 0.343 e. The lowest BCUT2D eigenvalue weighted by Crippen LogP contribution is -2.33. The van der Waals surface area contributed by atoms with Crippen molar-refractivity contribution in [1.29, 1.82) is 0 Å². The molecular weight excluding hydrogens is 434 g/mol. The molecule has 0 spiro atoms. The van der Waals surface area contributed by atoms with Gasteiger partial charge < -0.3 is 14.8 Å². The first-order chi connectivity index (χ1) is 16.3. The molecule has 0 fully saturated rings. The van der Waals surface area contributed by atoms with Gasteiger partial charge in [0.05, 0.1) is 18.4 Å². The SMILES string of the molecule is COc1cccc(C(=O)Oc2ccccc2/C(C)=N/NC(=O)C(=O)Nc2cc(C)ccc2C)c1. The quantitative estimate of drug-likeness (QED) is 0.190. The third-order valence-corrected chi connectivity index (χ3v) is 4.96. The van der Waals surface area contributed by atoms with Crippen LogP contribution >= 0.6 is 0 Å². The normalized spacial score (nSPS) is 10.9. The van der Waals surface area contributed by atoms with Gasteiger partial charge in [-0.2, -0.15) is 5.10 Å². The van der Waals surface area contributed by atoms with Crippen LogP contribution in [-0.4, -0.2) is 30.6 Å². The molecule has 0 bridgehead atoms. The summed E-state index contributed by atoms with van der Waals surface area (Å²) in [6.45, 7) is 5.35. The first kappa shape index (κ1) is 24.2. The van der Waals surface area contributed by atoms with Crippen molar-refractivity contribution in [3.8, 4) is 11.5 Å². The lowest BCUT2D eigenvalue weighted by molar-refractivity contribution is -0.136. The molecule has 8 heteroatoms. The predicted molar refractivity (Wildman–Crippen MR) is 129 cm³/mol. The minimum absolute atomic E-state index is 0.255. The highest BCUT2D eigenvalue weighted by Gasteiger charge is 2.16. The van der Waals surface area contributed by atoms with E-state index in [9.17, 15) is 14.4 Å². The molecule has 8 nitrogen and oxygen atoms in total. The predicted octanol–water partition coefficient (Wildman–Crippen LogP) is 4.01. The van der Waals surface area contributed by atoms with Crippen molar-refractivity contribution < 1.29 is 23.9 Å². The summed E-state index contributed by atoms with van der Waals surface area (Å²) < 4.78 is 10.7. The Bertz CT molecular complexity index is 1270. The van der Waals surface area contributed by atoms with Crippen LogP contribution in [0.3, 0.4) is 0 Å². The van der Waals surface area contributed by atoms with Crippen LogP contribution < -0.4 is 20.2 Å². The molecular formula is C26H25N3O5. The smallest absolute Gasteiger partial charge is 0.343 e. The molecule has 2 N–H and O–H groups in total. The summed E-state index contributed by atoms with van der Waals surface area (Å²) in [6.07, 6.45) is 0. The number of hydrazone groups is 1. The van der Waals surface area contributed by atoms with E-state index in [-0.39, 0.29) is 5.75 Å². The zero-order valence-corrected chi connectivity index (χ0v) is 19.3. The Morgan fingerprint density at radius 1 is 0.882 bits per heavy atom. The lowest BCUT2D eigenvalue weighted by Gasteiger charge is -2.11. The van der Waals surface area contributed by atoms with E-state index in [0.717, 1.165) is 11.1 Å². The van der Waals surface area contributed by atoms with Crippen molar-refractivity contribution in [1.82, 2.24) is 5.43 Å². The summed E-state index contributed by atoms with van der Waals surface area (Å²) in [5.74, 6) is -1.56. The number of hydrogen-bond donors (Lipinski definition) is 2. The summed E-state index contributed by atoms with van der Waals surface area (Å²) in [7, 11) is 1.51. The number of ether oxygens (including phenoxy) is 2. The number of hydrogen-bond acceptors (Lipinski definition) is 6. The summed E-state index contributed by atoms with van der Waals surface area (Å²) in [5, 5.41) is 6.59. The van der Waals surface area contributed by atoms with Gasteiger partial charge in [-0.1, -0.05) is 30.3 Å². The average molecular weight is 460 g/mol. The van der Waals surface area contributed by atoms with Crippen molar-refractivity contribution in [2.45, 2.75) is 20.8 Å². The van der Waals surface area contributed by atoms with E-state index in [1.165, 1.54) is 7.11 Å². The summed E-state index contributed by atoms with van der Waals surface area (Å²) in [5.41, 5.74) is 5.73. The number of nitrogens with one attached hydrogen (secondary N) is 2. The molecule has 3 aromatic rings. The molecule has 0 saturated heterocycles. The lowest BCUT2D eigenvalue weighted by atomic mass is 10.1. The fraction of sp³-hybridized carbons (Fsp3) is 0.154. The Morgan fingerprint density at radius 3 is 2.41 bits per heavy atom. The van der Waals surface area contributed by atoms with Gasteiger partial charge in [0, 0.05) is 11.3 Å². The number of amides is 2. The Labute approximate surface area is 197 Å². The highest BCUT2D eigenvalue weighted by Crippen LogP contribution is 2.21. The molecule has 2 amide bonds. The van der Waals surface area contributed by atoms with Gasteiger partial charge in [0.2, 0.25) is 0 Å². The van der Waals surface area contributed by atoms with Crippen molar-refractivity contribution >= 4 is 29.2 Å². The van der Waals surface area contributed by atoms with Crippen molar-refractivity contribution in [2.24, 2.45) is 5.10 Å². The number of aryl methyl sites for hydroxylation is 2. The molecule has 0 heterocycles. The van der Waals surface area contributed by atoms with Crippen LogP contribution in [0.4, 0.5) is 5.69 Å². The molecule has 0 radical (unpaired) electrons. The van der Waals surface area contributed by atoms with Crippen LogP contribution in [0.25, 0.3) is 0 Å². The van der Waals surface area contributed by atoms with E-state index in [2.05, 4.69) is 15.8 Å². The second-order valence-electron chi connectivity index (χ2n) is 7.53. The van der Waals surface area contributed by atoms with Crippen LogP contribution in [0.15, 0.2) is 71.8 Å². The average Bonchev–Trinajstić information content (AvgIpc) is 2.84. The highest BCUT2D eigenvalue weighted by molar-refractivity contribution is 6.39. The van der Waals surface area contributed by atoms with E-state index >= 15 is 0 Å². The zero-order valence-electron chi connectivity index (χ0n) is 19.3. The van der Waals surface area contributed by atoms with Gasteiger partial charge in [0.1, 0.15) is 11.5 Å². The number of nitrogens with zero attached hydrogens (tertiary/aromatic N) is 1. The van der Waals surface area contributed by atoms with Crippen molar-refractivity contribution in [3.05, 3.63) is 89.0 Å². The highest BCUT2D eigenvalue weighted by atomic mass is 16.5. The van der Waals surface area contributed by atoms with E-state index in [1.54, 1.807) is 61.5 Å². The summed E-state index contributed by atoms with van der Waals surface area (Å²) in [6, 6.07) is 18.9. The molecule has 3 aromatic carbocycles. The van der Waals surface area contributed by atoms with E-state index in [1.807, 2.05) is 26.0 Å². The molecule has 174 valence electrons. The second-order valence-corrected chi connectivity index (χ2v) is 7.53. The molecule has 0 saturated carbocycles. The van der Waals surface area contributed by atoms with E-state index in [4.69, 9.17) is 9.47 Å². The summed E-state index contributed by atoms with van der Waals surface area (Å²) >= 11 is 0. The fourth-order valence-electron chi connectivity index (χ4n) is 3.06. The number of methoxy groups -OCH3 is 1. The number of carbonyl (C=O) groups is 3. The maximum atomic E-state index is 12.6. The topological polar surface area (TPSA) is 106 Å². The van der Waals surface area contributed by atoms with Gasteiger partial charge in [-0.05, 0) is 68.3 Å². The Balaban J connectivity index is 1.70. The first-order valence-corrected chi connectivity index (χ1v) is 10.5. The van der Waals surface area contributed by atoms with Crippen LogP contribution in [0, 0.1) is 13.8 Å². The molecule has 0 aliphatic heterocycles. The second kappa shape index (κ2) is 10.9. The number of esters is 1. The van der Waals surface area contributed by atoms with Crippen LogP contribution in [0.1, 0.15) is 34.0 Å². The van der Waals surface area contributed by atoms with Crippen molar-refractivity contribution in [2.75, 3.05) is 12.4 Å². The van der Waals surface area contributed by atoms with Gasteiger partial charge >= 0.3 is 17.8 Å². The molecule has 0 atom stereocenters. The molecule has 34 heavy (non-hydrogen) atoms. The number of rotatable bonds is 6. The fourth-order valence-corrected chi connectivity index (χ4v) is 3.06. The molecule has 0 aliphatic rings. The Morgan fingerprint density at radius 2 is 1.65 bits per heavy atom. The minimum Gasteiger partial charge on any atom is -0.497 e. The number of anilines is 1. The van der Waals surface area contributed by atoms with Gasteiger partial charge in [-0.3, -0.25) is 9.59 Å². The zero-order chi connectivity index (χ0) is 24.7.